The van der Waals surface area contributed by atoms with Crippen LogP contribution in [0.2, 0.25) is 0 Å². The van der Waals surface area contributed by atoms with Crippen LogP contribution in [0.1, 0.15) is 200 Å². The summed E-state index contributed by atoms with van der Waals surface area (Å²) in [7, 11) is 0. The average molecular weight is 519 g/mol. The van der Waals surface area contributed by atoms with Crippen molar-refractivity contribution in [3.05, 3.63) is 24.3 Å². The van der Waals surface area contributed by atoms with E-state index in [1.165, 1.54) is 186 Å². The van der Waals surface area contributed by atoms with Gasteiger partial charge in [-0.05, 0) is 57.8 Å². The molecular weight excluding hydrogens is 448 g/mol. The molecule has 0 saturated heterocycles. The molecule has 0 radical (unpaired) electrons. The molecular formula is C36H70O. The van der Waals surface area contributed by atoms with Crippen molar-refractivity contribution in [2.75, 3.05) is 6.61 Å². The molecule has 0 aromatic rings. The van der Waals surface area contributed by atoms with Crippen LogP contribution in [0.5, 0.6) is 0 Å². The summed E-state index contributed by atoms with van der Waals surface area (Å²) in [5, 5.41) is 8.77. The molecule has 0 bridgehead atoms. The van der Waals surface area contributed by atoms with Crippen LogP contribution < -0.4 is 0 Å². The molecule has 0 aliphatic heterocycles. The Morgan fingerprint density at radius 3 is 0.757 bits per heavy atom. The van der Waals surface area contributed by atoms with E-state index in [9.17, 15) is 0 Å². The Labute approximate surface area is 235 Å². The number of aliphatic hydroxyl groups excluding tert-OH is 1. The van der Waals surface area contributed by atoms with Crippen molar-refractivity contribution in [2.45, 2.75) is 200 Å². The van der Waals surface area contributed by atoms with Crippen LogP contribution in [0.25, 0.3) is 0 Å². The lowest BCUT2D eigenvalue weighted by molar-refractivity contribution is 0.282. The second-order valence-electron chi connectivity index (χ2n) is 11.7. The third-order valence-corrected chi connectivity index (χ3v) is 7.83. The maximum absolute atomic E-state index is 8.77. The molecule has 220 valence electrons. The van der Waals surface area contributed by atoms with Gasteiger partial charge in [0.05, 0.1) is 0 Å². The SMILES string of the molecule is CCCCCCCC/C=C\CCCCCCCCCCCCCCCC/C=C\CCCCCCCCO. The predicted octanol–water partition coefficient (Wildman–Crippen LogP) is 12.8. The zero-order chi connectivity index (χ0) is 26.7. The molecule has 0 rings (SSSR count). The van der Waals surface area contributed by atoms with E-state index in [2.05, 4.69) is 31.2 Å². The fraction of sp³-hybridized carbons (Fsp3) is 0.889. The summed E-state index contributed by atoms with van der Waals surface area (Å²) in [6.07, 6.45) is 51.1. The summed E-state index contributed by atoms with van der Waals surface area (Å²) in [5.74, 6) is 0. The molecule has 0 fully saturated rings. The van der Waals surface area contributed by atoms with Crippen LogP contribution in [0.4, 0.5) is 0 Å². The molecule has 0 saturated carbocycles. The highest BCUT2D eigenvalue weighted by molar-refractivity contribution is 4.82. The van der Waals surface area contributed by atoms with E-state index in [1.807, 2.05) is 0 Å². The minimum atomic E-state index is 0.362. The highest BCUT2D eigenvalue weighted by atomic mass is 16.2. The van der Waals surface area contributed by atoms with Gasteiger partial charge in [0.15, 0.2) is 0 Å². The molecule has 0 spiro atoms. The largest absolute Gasteiger partial charge is 0.396 e. The minimum absolute atomic E-state index is 0.362. The molecule has 0 aliphatic carbocycles. The molecule has 1 N–H and O–H groups in total. The lowest BCUT2D eigenvalue weighted by Crippen LogP contribution is -1.84. The Hall–Kier alpha value is -0.560. The number of hydrogen-bond donors (Lipinski definition) is 1. The lowest BCUT2D eigenvalue weighted by Gasteiger charge is -2.03. The maximum Gasteiger partial charge on any atom is 0.0431 e. The summed E-state index contributed by atoms with van der Waals surface area (Å²) in [4.78, 5) is 0. The zero-order valence-electron chi connectivity index (χ0n) is 25.7. The second-order valence-corrected chi connectivity index (χ2v) is 11.7. The monoisotopic (exact) mass is 519 g/mol. The summed E-state index contributed by atoms with van der Waals surface area (Å²) in [6, 6.07) is 0. The van der Waals surface area contributed by atoms with E-state index in [0.717, 1.165) is 6.42 Å². The smallest absolute Gasteiger partial charge is 0.0431 e. The van der Waals surface area contributed by atoms with Gasteiger partial charge in [0, 0.05) is 6.61 Å². The van der Waals surface area contributed by atoms with E-state index in [0.29, 0.717) is 6.61 Å². The number of aliphatic hydroxyl groups is 1. The summed E-state index contributed by atoms with van der Waals surface area (Å²) in [5.41, 5.74) is 0. The molecule has 0 unspecified atom stereocenters. The van der Waals surface area contributed by atoms with Crippen LogP contribution >= 0.6 is 0 Å². The fourth-order valence-electron chi connectivity index (χ4n) is 5.24. The molecule has 0 atom stereocenters. The van der Waals surface area contributed by atoms with Gasteiger partial charge in [-0.3, -0.25) is 0 Å². The van der Waals surface area contributed by atoms with Gasteiger partial charge in [0.1, 0.15) is 0 Å². The first-order valence-electron chi connectivity index (χ1n) is 17.3. The van der Waals surface area contributed by atoms with Crippen molar-refractivity contribution in [3.63, 3.8) is 0 Å². The van der Waals surface area contributed by atoms with Crippen LogP contribution in [0.3, 0.4) is 0 Å². The quantitative estimate of drug-likeness (QED) is 0.0693. The highest BCUT2D eigenvalue weighted by Crippen LogP contribution is 2.14. The first-order valence-corrected chi connectivity index (χ1v) is 17.3. The van der Waals surface area contributed by atoms with Gasteiger partial charge < -0.3 is 5.11 Å². The van der Waals surface area contributed by atoms with E-state index in [4.69, 9.17) is 5.11 Å². The van der Waals surface area contributed by atoms with Crippen LogP contribution in [0, 0.1) is 0 Å². The zero-order valence-corrected chi connectivity index (χ0v) is 25.7. The average Bonchev–Trinajstić information content (AvgIpc) is 2.91. The lowest BCUT2D eigenvalue weighted by atomic mass is 10.0. The van der Waals surface area contributed by atoms with Crippen LogP contribution in [-0.2, 0) is 0 Å². The van der Waals surface area contributed by atoms with Gasteiger partial charge in [0.2, 0.25) is 0 Å². The fourth-order valence-corrected chi connectivity index (χ4v) is 5.24. The first-order chi connectivity index (χ1) is 18.4. The third kappa shape index (κ3) is 35.4. The number of allylic oxidation sites excluding steroid dienone is 4. The van der Waals surface area contributed by atoms with Crippen molar-refractivity contribution in [1.29, 1.82) is 0 Å². The normalized spacial score (nSPS) is 11.9. The molecule has 1 nitrogen and oxygen atoms in total. The summed E-state index contributed by atoms with van der Waals surface area (Å²) in [6.45, 7) is 2.66. The third-order valence-electron chi connectivity index (χ3n) is 7.83. The van der Waals surface area contributed by atoms with E-state index < -0.39 is 0 Å². The Balaban J connectivity index is 3.10. The van der Waals surface area contributed by atoms with Crippen molar-refractivity contribution in [3.8, 4) is 0 Å². The number of rotatable bonds is 32. The van der Waals surface area contributed by atoms with Crippen molar-refractivity contribution in [2.24, 2.45) is 0 Å². The van der Waals surface area contributed by atoms with E-state index in [1.54, 1.807) is 0 Å². The van der Waals surface area contributed by atoms with Crippen LogP contribution in [-0.4, -0.2) is 11.7 Å². The first kappa shape index (κ1) is 36.4. The number of unbranched alkanes of at least 4 members (excludes halogenated alkanes) is 27. The van der Waals surface area contributed by atoms with E-state index in [-0.39, 0.29) is 0 Å². The van der Waals surface area contributed by atoms with Crippen molar-refractivity contribution in [1.82, 2.24) is 0 Å². The van der Waals surface area contributed by atoms with Crippen molar-refractivity contribution >= 4 is 0 Å². The molecule has 0 aromatic heterocycles. The number of hydrogen-bond acceptors (Lipinski definition) is 1. The van der Waals surface area contributed by atoms with Gasteiger partial charge in [-0.25, -0.2) is 0 Å². The van der Waals surface area contributed by atoms with Crippen LogP contribution in [0.15, 0.2) is 24.3 Å². The minimum Gasteiger partial charge on any atom is -0.396 e. The molecule has 0 aromatic carbocycles. The van der Waals surface area contributed by atoms with E-state index >= 15 is 0 Å². The van der Waals surface area contributed by atoms with Gasteiger partial charge in [-0.1, -0.05) is 166 Å². The maximum atomic E-state index is 8.77. The molecule has 1 heteroatoms. The van der Waals surface area contributed by atoms with Gasteiger partial charge in [0.25, 0.3) is 0 Å². The predicted molar refractivity (Wildman–Crippen MR) is 170 cm³/mol. The standard InChI is InChI=1S/C36H70O/c1-2-3-4-5-6-7-8-9-10-11-12-13-14-15-16-17-18-19-20-21-22-23-24-25-26-27-28-29-30-31-32-33-34-35-36-37/h9-10,27-28,37H,2-8,11-26,29-36H2,1H3/b10-9-,28-27-. The van der Waals surface area contributed by atoms with Gasteiger partial charge >= 0.3 is 0 Å². The van der Waals surface area contributed by atoms with Crippen molar-refractivity contribution < 1.29 is 5.11 Å². The highest BCUT2D eigenvalue weighted by Gasteiger charge is 1.95. The van der Waals surface area contributed by atoms with Gasteiger partial charge in [-0.15, -0.1) is 0 Å². The molecule has 37 heavy (non-hydrogen) atoms. The molecule has 0 aliphatic rings. The molecule has 0 amide bonds. The second kappa shape index (κ2) is 35.4. The topological polar surface area (TPSA) is 20.2 Å². The summed E-state index contributed by atoms with van der Waals surface area (Å²) < 4.78 is 0. The van der Waals surface area contributed by atoms with Gasteiger partial charge in [-0.2, -0.15) is 0 Å². The Morgan fingerprint density at radius 2 is 0.514 bits per heavy atom. The Bertz CT molecular complexity index is 438. The Morgan fingerprint density at radius 1 is 0.297 bits per heavy atom. The summed E-state index contributed by atoms with van der Waals surface area (Å²) >= 11 is 0. The molecule has 0 heterocycles. The Kier molecular flexibility index (Phi) is 34.9.